The summed E-state index contributed by atoms with van der Waals surface area (Å²) in [5.74, 6) is 1.91. The first-order chi connectivity index (χ1) is 7.24. The van der Waals surface area contributed by atoms with Gasteiger partial charge in [0.1, 0.15) is 0 Å². The van der Waals surface area contributed by atoms with Gasteiger partial charge in [-0.2, -0.15) is 0 Å². The molecule has 0 spiro atoms. The number of nitrogens with one attached hydrogen (secondary N) is 1. The van der Waals surface area contributed by atoms with Gasteiger partial charge < -0.3 is 15.0 Å². The van der Waals surface area contributed by atoms with Crippen LogP contribution >= 0.6 is 0 Å². The summed E-state index contributed by atoms with van der Waals surface area (Å²) in [7, 11) is 3.96. The van der Waals surface area contributed by atoms with E-state index >= 15 is 0 Å². The van der Waals surface area contributed by atoms with Crippen molar-refractivity contribution >= 4 is 0 Å². The van der Waals surface area contributed by atoms with E-state index in [2.05, 4.69) is 24.2 Å². The first-order valence-corrected chi connectivity index (χ1v) is 6.12. The van der Waals surface area contributed by atoms with E-state index in [1.807, 2.05) is 0 Å². The van der Waals surface area contributed by atoms with Gasteiger partial charge in [-0.3, -0.25) is 0 Å². The second-order valence-corrected chi connectivity index (χ2v) is 4.82. The molecule has 3 heteroatoms. The van der Waals surface area contributed by atoms with E-state index in [9.17, 15) is 0 Å². The van der Waals surface area contributed by atoms with Crippen LogP contribution in [0.3, 0.4) is 0 Å². The van der Waals surface area contributed by atoms with Crippen LogP contribution in [0.5, 0.6) is 0 Å². The van der Waals surface area contributed by atoms with Crippen molar-refractivity contribution in [2.45, 2.75) is 19.8 Å². The van der Waals surface area contributed by atoms with Crippen molar-refractivity contribution in [2.75, 3.05) is 46.9 Å². The van der Waals surface area contributed by atoms with Gasteiger partial charge in [0.05, 0.1) is 6.61 Å². The van der Waals surface area contributed by atoms with E-state index in [4.69, 9.17) is 4.74 Å². The smallest absolute Gasteiger partial charge is 0.0587 e. The van der Waals surface area contributed by atoms with Crippen molar-refractivity contribution in [3.05, 3.63) is 0 Å². The van der Waals surface area contributed by atoms with E-state index < -0.39 is 0 Å². The molecule has 0 saturated heterocycles. The Kier molecular flexibility index (Phi) is 6.22. The predicted molar refractivity (Wildman–Crippen MR) is 64.1 cm³/mol. The standard InChI is InChI=1S/C12H26N2O/c1-11(12-4-5-12)10-14(2)8-6-13-7-9-15-3/h11-13H,4-10H2,1-3H3. The molecule has 15 heavy (non-hydrogen) atoms. The maximum atomic E-state index is 4.98. The molecule has 0 amide bonds. The fraction of sp³-hybridized carbons (Fsp3) is 1.00. The Morgan fingerprint density at radius 3 is 2.73 bits per heavy atom. The molecule has 0 aliphatic heterocycles. The monoisotopic (exact) mass is 214 g/mol. The number of rotatable bonds is 9. The molecule has 90 valence electrons. The second kappa shape index (κ2) is 7.20. The zero-order valence-corrected chi connectivity index (χ0v) is 10.5. The quantitative estimate of drug-likeness (QED) is 0.584. The van der Waals surface area contributed by atoms with Gasteiger partial charge in [0.2, 0.25) is 0 Å². The molecule has 1 saturated carbocycles. The fourth-order valence-electron chi connectivity index (χ4n) is 1.97. The Morgan fingerprint density at radius 2 is 2.13 bits per heavy atom. The van der Waals surface area contributed by atoms with Crippen molar-refractivity contribution in [1.82, 2.24) is 10.2 Å². The summed E-state index contributed by atoms with van der Waals surface area (Å²) >= 11 is 0. The first kappa shape index (κ1) is 12.9. The van der Waals surface area contributed by atoms with Gasteiger partial charge in [-0.1, -0.05) is 6.92 Å². The summed E-state index contributed by atoms with van der Waals surface area (Å²) in [6, 6.07) is 0. The lowest BCUT2D eigenvalue weighted by molar-refractivity contribution is 0.196. The molecule has 0 radical (unpaired) electrons. The van der Waals surface area contributed by atoms with E-state index in [-0.39, 0.29) is 0 Å². The highest BCUT2D eigenvalue weighted by molar-refractivity contribution is 4.80. The van der Waals surface area contributed by atoms with E-state index in [1.54, 1.807) is 7.11 Å². The maximum absolute atomic E-state index is 4.98. The first-order valence-electron chi connectivity index (χ1n) is 6.12. The topological polar surface area (TPSA) is 24.5 Å². The van der Waals surface area contributed by atoms with E-state index in [0.717, 1.165) is 38.1 Å². The Morgan fingerprint density at radius 1 is 1.40 bits per heavy atom. The predicted octanol–water partition coefficient (Wildman–Crippen LogP) is 1.20. The lowest BCUT2D eigenvalue weighted by Crippen LogP contribution is -2.33. The number of methoxy groups -OCH3 is 1. The van der Waals surface area contributed by atoms with Crippen LogP contribution in [-0.4, -0.2) is 51.8 Å². The molecule has 1 aliphatic rings. The average Bonchev–Trinajstić information content (AvgIpc) is 3.00. The summed E-state index contributed by atoms with van der Waals surface area (Å²) in [6.07, 6.45) is 2.92. The highest BCUT2D eigenvalue weighted by Crippen LogP contribution is 2.36. The minimum atomic E-state index is 0.808. The van der Waals surface area contributed by atoms with Crippen LogP contribution < -0.4 is 5.32 Å². The molecule has 0 aromatic heterocycles. The Balaban J connectivity index is 1.90. The highest BCUT2D eigenvalue weighted by atomic mass is 16.5. The molecule has 0 aromatic carbocycles. The Bertz CT molecular complexity index is 160. The molecule has 1 aliphatic carbocycles. The van der Waals surface area contributed by atoms with Crippen LogP contribution in [0, 0.1) is 11.8 Å². The zero-order valence-electron chi connectivity index (χ0n) is 10.5. The number of likely N-dealkylation sites (N-methyl/N-ethyl adjacent to an activating group) is 1. The highest BCUT2D eigenvalue weighted by Gasteiger charge is 2.28. The average molecular weight is 214 g/mol. The van der Waals surface area contributed by atoms with Crippen LogP contribution in [0.4, 0.5) is 0 Å². The molecule has 1 rings (SSSR count). The van der Waals surface area contributed by atoms with Crippen LogP contribution in [0.15, 0.2) is 0 Å². The molecule has 0 aromatic rings. The van der Waals surface area contributed by atoms with Crippen molar-refractivity contribution in [3.8, 4) is 0 Å². The van der Waals surface area contributed by atoms with Gasteiger partial charge >= 0.3 is 0 Å². The number of ether oxygens (including phenoxy) is 1. The van der Waals surface area contributed by atoms with Gasteiger partial charge in [-0.05, 0) is 31.7 Å². The summed E-state index contributed by atoms with van der Waals surface area (Å²) in [5, 5.41) is 3.37. The summed E-state index contributed by atoms with van der Waals surface area (Å²) in [5.41, 5.74) is 0. The van der Waals surface area contributed by atoms with Gasteiger partial charge in [0, 0.05) is 33.3 Å². The zero-order chi connectivity index (χ0) is 11.1. The molecular weight excluding hydrogens is 188 g/mol. The second-order valence-electron chi connectivity index (χ2n) is 4.82. The molecule has 1 fully saturated rings. The van der Waals surface area contributed by atoms with Gasteiger partial charge in [0.15, 0.2) is 0 Å². The van der Waals surface area contributed by atoms with Crippen LogP contribution in [-0.2, 0) is 4.74 Å². The largest absolute Gasteiger partial charge is 0.383 e. The van der Waals surface area contributed by atoms with Crippen LogP contribution in [0.1, 0.15) is 19.8 Å². The minimum Gasteiger partial charge on any atom is -0.383 e. The maximum Gasteiger partial charge on any atom is 0.0587 e. The van der Waals surface area contributed by atoms with Crippen LogP contribution in [0.25, 0.3) is 0 Å². The van der Waals surface area contributed by atoms with Crippen molar-refractivity contribution in [1.29, 1.82) is 0 Å². The lowest BCUT2D eigenvalue weighted by Gasteiger charge is -2.21. The van der Waals surface area contributed by atoms with Crippen LogP contribution in [0.2, 0.25) is 0 Å². The molecule has 0 heterocycles. The number of nitrogens with zero attached hydrogens (tertiary/aromatic N) is 1. The van der Waals surface area contributed by atoms with E-state index in [0.29, 0.717) is 0 Å². The Hall–Kier alpha value is -0.120. The van der Waals surface area contributed by atoms with Gasteiger partial charge in [-0.25, -0.2) is 0 Å². The van der Waals surface area contributed by atoms with Gasteiger partial charge in [0.25, 0.3) is 0 Å². The van der Waals surface area contributed by atoms with Crippen molar-refractivity contribution < 1.29 is 4.74 Å². The number of hydrogen-bond acceptors (Lipinski definition) is 3. The summed E-state index contributed by atoms with van der Waals surface area (Å²) in [6.45, 7) is 7.60. The van der Waals surface area contributed by atoms with E-state index in [1.165, 1.54) is 19.4 Å². The third-order valence-electron chi connectivity index (χ3n) is 3.18. The SMILES string of the molecule is COCCNCCN(C)CC(C)C1CC1. The summed E-state index contributed by atoms with van der Waals surface area (Å²) < 4.78 is 4.98. The molecule has 1 N–H and O–H groups in total. The molecule has 3 nitrogen and oxygen atoms in total. The van der Waals surface area contributed by atoms with Gasteiger partial charge in [-0.15, -0.1) is 0 Å². The molecule has 0 bridgehead atoms. The fourth-order valence-corrected chi connectivity index (χ4v) is 1.97. The number of hydrogen-bond donors (Lipinski definition) is 1. The van der Waals surface area contributed by atoms with Crippen molar-refractivity contribution in [3.63, 3.8) is 0 Å². The molecule has 1 atom stereocenters. The molecule has 1 unspecified atom stereocenters. The minimum absolute atomic E-state index is 0.808. The lowest BCUT2D eigenvalue weighted by atomic mass is 10.1. The third kappa shape index (κ3) is 6.13. The summed E-state index contributed by atoms with van der Waals surface area (Å²) in [4.78, 5) is 2.43. The third-order valence-corrected chi connectivity index (χ3v) is 3.18. The Labute approximate surface area is 94.2 Å². The molecular formula is C12H26N2O. The van der Waals surface area contributed by atoms with Crippen molar-refractivity contribution in [2.24, 2.45) is 11.8 Å². The normalized spacial score (nSPS) is 18.4.